The smallest absolute Gasteiger partial charge is 0.387 e. The van der Waals surface area contributed by atoms with Crippen molar-refractivity contribution in [3.8, 4) is 5.75 Å². The molecule has 0 saturated heterocycles. The summed E-state index contributed by atoms with van der Waals surface area (Å²) in [4.78, 5) is 16.0. The molecule has 0 aliphatic rings. The van der Waals surface area contributed by atoms with E-state index >= 15 is 0 Å². The quantitative estimate of drug-likeness (QED) is 0.805. The lowest BCUT2D eigenvalue weighted by Gasteiger charge is -2.07. The van der Waals surface area contributed by atoms with Gasteiger partial charge in [0.1, 0.15) is 11.4 Å². The van der Waals surface area contributed by atoms with Crippen LogP contribution in [0.3, 0.4) is 0 Å². The summed E-state index contributed by atoms with van der Waals surface area (Å²) in [6.07, 6.45) is 1.47. The molecule has 0 saturated carbocycles. The highest BCUT2D eigenvalue weighted by Gasteiger charge is 2.14. The Morgan fingerprint density at radius 2 is 2.05 bits per heavy atom. The van der Waals surface area contributed by atoms with Gasteiger partial charge in [0.15, 0.2) is 0 Å². The van der Waals surface area contributed by atoms with Gasteiger partial charge in [0, 0.05) is 16.8 Å². The van der Waals surface area contributed by atoms with E-state index < -0.39 is 12.4 Å². The molecule has 0 unspecified atom stereocenters. The Morgan fingerprint density at radius 1 is 1.26 bits per heavy atom. The predicted octanol–water partition coefficient (Wildman–Crippen LogP) is 3.57. The number of ether oxygens (including phenoxy) is 1. The summed E-state index contributed by atoms with van der Waals surface area (Å²) in [6, 6.07) is 8.63. The fraction of sp³-hybridized carbons (Fsp3) is 0.0769. The van der Waals surface area contributed by atoms with Gasteiger partial charge in [-0.1, -0.05) is 17.7 Å². The average molecular weight is 284 g/mol. The highest BCUT2D eigenvalue weighted by atomic mass is 35.5. The van der Waals surface area contributed by atoms with Gasteiger partial charge in [-0.15, -0.1) is 0 Å². The first-order valence-corrected chi connectivity index (χ1v) is 5.65. The molecule has 0 amide bonds. The Hall–Kier alpha value is -2.01. The van der Waals surface area contributed by atoms with Gasteiger partial charge in [-0.05, 0) is 30.3 Å². The molecule has 0 N–H and O–H groups in total. The minimum absolute atomic E-state index is 0.137. The fourth-order valence-electron chi connectivity index (χ4n) is 1.51. The van der Waals surface area contributed by atoms with E-state index in [9.17, 15) is 13.6 Å². The van der Waals surface area contributed by atoms with Crippen molar-refractivity contribution in [3.63, 3.8) is 0 Å². The molecule has 2 aromatic rings. The zero-order valence-electron chi connectivity index (χ0n) is 9.52. The molecular formula is C13H8ClF2NO2. The monoisotopic (exact) mass is 283 g/mol. The Kier molecular flexibility index (Phi) is 4.06. The summed E-state index contributed by atoms with van der Waals surface area (Å²) >= 11 is 5.77. The minimum Gasteiger partial charge on any atom is -0.435 e. The molecule has 1 aromatic heterocycles. The van der Waals surface area contributed by atoms with E-state index in [0.717, 1.165) is 0 Å². The summed E-state index contributed by atoms with van der Waals surface area (Å²) in [5.74, 6) is -0.580. The molecule has 98 valence electrons. The Morgan fingerprint density at radius 3 is 2.68 bits per heavy atom. The number of halogens is 3. The number of aromatic nitrogens is 1. The fourth-order valence-corrected chi connectivity index (χ4v) is 1.73. The van der Waals surface area contributed by atoms with Crippen molar-refractivity contribution < 1.29 is 18.3 Å². The van der Waals surface area contributed by atoms with Gasteiger partial charge in [-0.2, -0.15) is 8.78 Å². The number of pyridine rings is 1. The third-order valence-corrected chi connectivity index (χ3v) is 2.47. The molecule has 0 atom stereocenters. The number of carbonyl (C=O) groups is 1. The van der Waals surface area contributed by atoms with Gasteiger partial charge in [0.05, 0.1) is 0 Å². The summed E-state index contributed by atoms with van der Waals surface area (Å²) in [5, 5.41) is 0.137. The molecule has 19 heavy (non-hydrogen) atoms. The van der Waals surface area contributed by atoms with E-state index in [2.05, 4.69) is 9.72 Å². The molecule has 1 aromatic carbocycles. The first kappa shape index (κ1) is 13.4. The number of nitrogens with zero attached hydrogens (tertiary/aromatic N) is 1. The first-order chi connectivity index (χ1) is 9.06. The van der Waals surface area contributed by atoms with E-state index in [1.807, 2.05) is 0 Å². The van der Waals surface area contributed by atoms with Gasteiger partial charge < -0.3 is 4.74 Å². The van der Waals surface area contributed by atoms with Crippen LogP contribution in [0.15, 0.2) is 42.6 Å². The molecule has 0 radical (unpaired) electrons. The maximum atomic E-state index is 12.1. The van der Waals surface area contributed by atoms with Crippen molar-refractivity contribution >= 4 is 17.4 Å². The number of ketones is 1. The second kappa shape index (κ2) is 5.75. The van der Waals surface area contributed by atoms with Crippen molar-refractivity contribution in [3.05, 3.63) is 58.9 Å². The molecule has 1 heterocycles. The van der Waals surface area contributed by atoms with Crippen molar-refractivity contribution in [1.29, 1.82) is 0 Å². The molecule has 0 bridgehead atoms. The molecule has 6 heteroatoms. The van der Waals surface area contributed by atoms with E-state index in [1.54, 1.807) is 12.1 Å². The van der Waals surface area contributed by atoms with Crippen LogP contribution in [-0.2, 0) is 0 Å². The van der Waals surface area contributed by atoms with Crippen LogP contribution < -0.4 is 4.74 Å². The predicted molar refractivity (Wildman–Crippen MR) is 65.8 cm³/mol. The van der Waals surface area contributed by atoms with Gasteiger partial charge in [0.25, 0.3) is 0 Å². The largest absolute Gasteiger partial charge is 0.435 e. The van der Waals surface area contributed by atoms with Crippen LogP contribution in [0.4, 0.5) is 8.78 Å². The molecule has 0 spiro atoms. The normalized spacial score (nSPS) is 10.5. The second-order valence-corrected chi connectivity index (χ2v) is 4.03. The summed E-state index contributed by atoms with van der Waals surface area (Å²) in [5.41, 5.74) is 0.342. The maximum absolute atomic E-state index is 12.1. The van der Waals surface area contributed by atoms with Gasteiger partial charge in [-0.25, -0.2) is 0 Å². The lowest BCUT2D eigenvalue weighted by Crippen LogP contribution is -2.06. The highest BCUT2D eigenvalue weighted by molar-refractivity contribution is 6.31. The van der Waals surface area contributed by atoms with Crippen molar-refractivity contribution in [1.82, 2.24) is 4.98 Å². The number of carbonyl (C=O) groups excluding carboxylic acids is 1. The van der Waals surface area contributed by atoms with E-state index in [0.29, 0.717) is 0 Å². The Bertz CT molecular complexity index is 590. The second-order valence-electron chi connectivity index (χ2n) is 3.60. The number of benzene rings is 1. The Labute approximate surface area is 112 Å². The molecular weight excluding hydrogens is 276 g/mol. The number of alkyl halides is 2. The van der Waals surface area contributed by atoms with E-state index in [-0.39, 0.29) is 22.0 Å². The first-order valence-electron chi connectivity index (χ1n) is 5.27. The van der Waals surface area contributed by atoms with Gasteiger partial charge in [0.2, 0.25) is 5.78 Å². The van der Waals surface area contributed by atoms with E-state index in [1.165, 1.54) is 30.5 Å². The van der Waals surface area contributed by atoms with Crippen LogP contribution in [0.1, 0.15) is 16.1 Å². The van der Waals surface area contributed by atoms with Crippen molar-refractivity contribution in [2.24, 2.45) is 0 Å². The summed E-state index contributed by atoms with van der Waals surface area (Å²) in [7, 11) is 0. The van der Waals surface area contributed by atoms with Crippen LogP contribution in [0.2, 0.25) is 5.02 Å². The Balaban J connectivity index is 2.34. The van der Waals surface area contributed by atoms with Gasteiger partial charge >= 0.3 is 6.61 Å². The van der Waals surface area contributed by atoms with Crippen molar-refractivity contribution in [2.75, 3.05) is 0 Å². The highest BCUT2D eigenvalue weighted by Crippen LogP contribution is 2.24. The third kappa shape index (κ3) is 3.48. The zero-order chi connectivity index (χ0) is 13.8. The lowest BCUT2D eigenvalue weighted by atomic mass is 10.1. The zero-order valence-corrected chi connectivity index (χ0v) is 10.3. The SMILES string of the molecule is O=C(c1cc(Cl)cc(OC(F)F)c1)c1ccccn1. The molecule has 3 nitrogen and oxygen atoms in total. The standard InChI is InChI=1S/C13H8ClF2NO2/c14-9-5-8(6-10(7-9)19-13(15)16)12(18)11-3-1-2-4-17-11/h1-7,13H. The number of hydrogen-bond acceptors (Lipinski definition) is 3. The molecule has 0 fully saturated rings. The number of rotatable bonds is 4. The van der Waals surface area contributed by atoms with Crippen LogP contribution in [0, 0.1) is 0 Å². The average Bonchev–Trinajstić information content (AvgIpc) is 2.37. The minimum atomic E-state index is -2.98. The summed E-state index contributed by atoms with van der Waals surface area (Å²) < 4.78 is 28.5. The maximum Gasteiger partial charge on any atom is 0.387 e. The van der Waals surface area contributed by atoms with Crippen molar-refractivity contribution in [2.45, 2.75) is 6.61 Å². The third-order valence-electron chi connectivity index (χ3n) is 2.26. The van der Waals surface area contributed by atoms with E-state index in [4.69, 9.17) is 11.6 Å². The lowest BCUT2D eigenvalue weighted by molar-refractivity contribution is -0.0498. The van der Waals surface area contributed by atoms with Gasteiger partial charge in [-0.3, -0.25) is 9.78 Å². The summed E-state index contributed by atoms with van der Waals surface area (Å²) in [6.45, 7) is -2.98. The molecule has 0 aliphatic heterocycles. The molecule has 0 aliphatic carbocycles. The van der Waals surface area contributed by atoms with Crippen LogP contribution in [0.25, 0.3) is 0 Å². The van der Waals surface area contributed by atoms with Crippen LogP contribution in [-0.4, -0.2) is 17.4 Å². The van der Waals surface area contributed by atoms with Crippen LogP contribution >= 0.6 is 11.6 Å². The molecule has 2 rings (SSSR count). The number of hydrogen-bond donors (Lipinski definition) is 0. The topological polar surface area (TPSA) is 39.2 Å². The van der Waals surface area contributed by atoms with Crippen LogP contribution in [0.5, 0.6) is 5.75 Å².